The van der Waals surface area contributed by atoms with Gasteiger partial charge in [0.15, 0.2) is 0 Å². The highest BCUT2D eigenvalue weighted by Gasteiger charge is 2.16. The summed E-state index contributed by atoms with van der Waals surface area (Å²) in [5, 5.41) is 9.42. The molecule has 1 heterocycles. The number of aliphatic hydroxyl groups excluding tert-OH is 1. The number of ether oxygens (including phenoxy) is 1. The average Bonchev–Trinajstić information content (AvgIpc) is 2.89. The first-order valence-electron chi connectivity index (χ1n) is 6.77. The molecular weight excluding hydrogens is 231 g/mol. The first-order valence-corrected chi connectivity index (χ1v) is 6.77. The smallest absolute Gasteiger partial charge is 0.123 e. The molecule has 1 N–H and O–H groups in total. The Morgan fingerprint density at radius 1 is 1.33 bits per heavy atom. The van der Waals surface area contributed by atoms with E-state index in [-0.39, 0.29) is 18.3 Å². The fraction of sp³-hybridized carbons (Fsp3) is 0.600. The highest BCUT2D eigenvalue weighted by atomic mass is 19.1. The third-order valence-electron chi connectivity index (χ3n) is 3.66. The maximum Gasteiger partial charge on any atom is 0.123 e. The zero-order valence-corrected chi connectivity index (χ0v) is 10.6. The second-order valence-corrected chi connectivity index (χ2v) is 5.00. The zero-order chi connectivity index (χ0) is 12.8. The Kier molecular flexibility index (Phi) is 5.14. The molecule has 100 valence electrons. The minimum absolute atomic E-state index is 0.118. The summed E-state index contributed by atoms with van der Waals surface area (Å²) in [6.45, 7) is 1.02. The van der Waals surface area contributed by atoms with E-state index in [4.69, 9.17) is 4.74 Å². The van der Waals surface area contributed by atoms with Crippen LogP contribution in [0.4, 0.5) is 4.39 Å². The second-order valence-electron chi connectivity index (χ2n) is 5.00. The van der Waals surface area contributed by atoms with Crippen LogP contribution in [-0.2, 0) is 4.74 Å². The minimum atomic E-state index is -0.227. The predicted octanol–water partition coefficient (Wildman–Crippen LogP) is 3.25. The van der Waals surface area contributed by atoms with E-state index in [2.05, 4.69) is 0 Å². The normalized spacial score (nSPS) is 21.1. The number of aliphatic hydroxyl groups is 1. The van der Waals surface area contributed by atoms with E-state index in [1.54, 1.807) is 12.1 Å². The van der Waals surface area contributed by atoms with Crippen molar-refractivity contribution in [3.8, 4) is 0 Å². The summed E-state index contributed by atoms with van der Waals surface area (Å²) in [5.74, 6) is -0.109. The molecule has 2 rings (SSSR count). The average molecular weight is 252 g/mol. The SMILES string of the molecule is OCC(CCCC1CCCO1)c1ccc(F)cc1. The van der Waals surface area contributed by atoms with Gasteiger partial charge in [-0.15, -0.1) is 0 Å². The van der Waals surface area contributed by atoms with Crippen molar-refractivity contribution in [2.24, 2.45) is 0 Å². The van der Waals surface area contributed by atoms with Crippen molar-refractivity contribution in [3.63, 3.8) is 0 Å². The van der Waals surface area contributed by atoms with Crippen LogP contribution in [-0.4, -0.2) is 24.4 Å². The largest absolute Gasteiger partial charge is 0.396 e. The molecule has 0 amide bonds. The molecule has 3 heteroatoms. The van der Waals surface area contributed by atoms with E-state index in [9.17, 15) is 9.50 Å². The van der Waals surface area contributed by atoms with Gasteiger partial charge in [0, 0.05) is 19.1 Å². The maximum absolute atomic E-state index is 12.8. The molecule has 2 nitrogen and oxygen atoms in total. The van der Waals surface area contributed by atoms with Gasteiger partial charge in [-0.1, -0.05) is 18.6 Å². The molecule has 1 aliphatic rings. The molecule has 2 atom stereocenters. The summed E-state index contributed by atoms with van der Waals surface area (Å²) in [6, 6.07) is 6.45. The molecule has 0 bridgehead atoms. The van der Waals surface area contributed by atoms with Crippen LogP contribution in [0.1, 0.15) is 43.6 Å². The molecule has 18 heavy (non-hydrogen) atoms. The van der Waals surface area contributed by atoms with Gasteiger partial charge in [-0.3, -0.25) is 0 Å². The highest BCUT2D eigenvalue weighted by Crippen LogP contribution is 2.24. The van der Waals surface area contributed by atoms with Crippen LogP contribution in [0, 0.1) is 5.82 Å². The Hall–Kier alpha value is -0.930. The summed E-state index contributed by atoms with van der Waals surface area (Å²) in [4.78, 5) is 0. The van der Waals surface area contributed by atoms with Gasteiger partial charge in [0.1, 0.15) is 5.82 Å². The van der Waals surface area contributed by atoms with Gasteiger partial charge < -0.3 is 9.84 Å². The standard InChI is InChI=1S/C15H21FO2/c16-14-8-6-12(7-9-14)13(11-17)3-1-4-15-5-2-10-18-15/h6-9,13,15,17H,1-5,10-11H2. The van der Waals surface area contributed by atoms with E-state index in [1.165, 1.54) is 25.0 Å². The molecule has 0 aliphatic carbocycles. The number of rotatable bonds is 6. The summed E-state index contributed by atoms with van der Waals surface area (Å²) >= 11 is 0. The first-order chi connectivity index (χ1) is 8.79. The molecule has 1 aliphatic heterocycles. The van der Waals surface area contributed by atoms with Crippen LogP contribution >= 0.6 is 0 Å². The van der Waals surface area contributed by atoms with Gasteiger partial charge in [0.25, 0.3) is 0 Å². The number of halogens is 1. The highest BCUT2D eigenvalue weighted by molar-refractivity contribution is 5.20. The van der Waals surface area contributed by atoms with Crippen molar-refractivity contribution in [1.82, 2.24) is 0 Å². The van der Waals surface area contributed by atoms with Crippen molar-refractivity contribution in [3.05, 3.63) is 35.6 Å². The molecule has 0 aromatic heterocycles. The van der Waals surface area contributed by atoms with Crippen LogP contribution in [0.25, 0.3) is 0 Å². The fourth-order valence-electron chi connectivity index (χ4n) is 2.56. The summed E-state index contributed by atoms with van der Waals surface area (Å²) in [6.07, 6.45) is 5.80. The van der Waals surface area contributed by atoms with Gasteiger partial charge >= 0.3 is 0 Å². The Morgan fingerprint density at radius 3 is 2.72 bits per heavy atom. The number of hydrogen-bond acceptors (Lipinski definition) is 2. The molecule has 1 saturated heterocycles. The van der Waals surface area contributed by atoms with Gasteiger partial charge in [-0.2, -0.15) is 0 Å². The molecule has 0 spiro atoms. The van der Waals surface area contributed by atoms with Crippen molar-refractivity contribution >= 4 is 0 Å². The lowest BCUT2D eigenvalue weighted by molar-refractivity contribution is 0.101. The predicted molar refractivity (Wildman–Crippen MR) is 69.1 cm³/mol. The maximum atomic E-state index is 12.8. The lowest BCUT2D eigenvalue weighted by Gasteiger charge is -2.16. The van der Waals surface area contributed by atoms with Gasteiger partial charge in [-0.25, -0.2) is 4.39 Å². The van der Waals surface area contributed by atoms with Gasteiger partial charge in [-0.05, 0) is 43.4 Å². The Balaban J connectivity index is 1.79. The molecule has 0 radical (unpaired) electrons. The lowest BCUT2D eigenvalue weighted by atomic mass is 9.93. The van der Waals surface area contributed by atoms with Crippen LogP contribution in [0.2, 0.25) is 0 Å². The van der Waals surface area contributed by atoms with E-state index < -0.39 is 0 Å². The number of benzene rings is 1. The Bertz CT molecular complexity index is 344. The monoisotopic (exact) mass is 252 g/mol. The topological polar surface area (TPSA) is 29.5 Å². The summed E-state index contributed by atoms with van der Waals surface area (Å²) < 4.78 is 18.4. The van der Waals surface area contributed by atoms with E-state index in [0.29, 0.717) is 6.10 Å². The number of hydrogen-bond donors (Lipinski definition) is 1. The molecule has 1 aromatic carbocycles. The van der Waals surface area contributed by atoms with Crippen LogP contribution < -0.4 is 0 Å². The zero-order valence-electron chi connectivity index (χ0n) is 10.6. The van der Waals surface area contributed by atoms with Gasteiger partial charge in [0.05, 0.1) is 6.10 Å². The molecule has 0 saturated carbocycles. The third-order valence-corrected chi connectivity index (χ3v) is 3.66. The van der Waals surface area contributed by atoms with Crippen LogP contribution in [0.3, 0.4) is 0 Å². The third kappa shape index (κ3) is 3.79. The van der Waals surface area contributed by atoms with Crippen LogP contribution in [0.5, 0.6) is 0 Å². The second kappa shape index (κ2) is 6.86. The molecule has 2 unspecified atom stereocenters. The molecule has 1 aromatic rings. The summed E-state index contributed by atoms with van der Waals surface area (Å²) in [5.41, 5.74) is 1.02. The first kappa shape index (κ1) is 13.5. The Morgan fingerprint density at radius 2 is 2.11 bits per heavy atom. The van der Waals surface area contributed by atoms with E-state index in [0.717, 1.165) is 31.4 Å². The van der Waals surface area contributed by atoms with Gasteiger partial charge in [0.2, 0.25) is 0 Å². The fourth-order valence-corrected chi connectivity index (χ4v) is 2.56. The van der Waals surface area contributed by atoms with Crippen molar-refractivity contribution in [2.45, 2.75) is 44.1 Å². The quantitative estimate of drug-likeness (QED) is 0.842. The van der Waals surface area contributed by atoms with Crippen molar-refractivity contribution in [1.29, 1.82) is 0 Å². The molecule has 1 fully saturated rings. The van der Waals surface area contributed by atoms with Crippen LogP contribution in [0.15, 0.2) is 24.3 Å². The lowest BCUT2D eigenvalue weighted by Crippen LogP contribution is -2.08. The Labute approximate surface area is 108 Å². The van der Waals surface area contributed by atoms with Crippen molar-refractivity contribution in [2.75, 3.05) is 13.2 Å². The summed E-state index contributed by atoms with van der Waals surface area (Å²) in [7, 11) is 0. The van der Waals surface area contributed by atoms with E-state index in [1.807, 2.05) is 0 Å². The molecular formula is C15H21FO2. The minimum Gasteiger partial charge on any atom is -0.396 e. The van der Waals surface area contributed by atoms with Crippen molar-refractivity contribution < 1.29 is 14.2 Å². The van der Waals surface area contributed by atoms with E-state index >= 15 is 0 Å².